The van der Waals surface area contributed by atoms with Gasteiger partial charge >= 0.3 is 0 Å². The fourth-order valence-corrected chi connectivity index (χ4v) is 3.00. The number of aldehydes is 1. The normalized spacial score (nSPS) is 18.0. The molecule has 0 amide bonds. The second-order valence-electron chi connectivity index (χ2n) is 6.69. The highest BCUT2D eigenvalue weighted by Crippen LogP contribution is 2.37. The van der Waals surface area contributed by atoms with Crippen LogP contribution >= 0.6 is 0 Å². The molecule has 8 heteroatoms. The minimum atomic E-state index is 0.343. The maximum atomic E-state index is 10.5. The molecule has 2 fully saturated rings. The van der Waals surface area contributed by atoms with Crippen molar-refractivity contribution in [3.63, 3.8) is 0 Å². The highest BCUT2D eigenvalue weighted by molar-refractivity contribution is 5.74. The number of morpholine rings is 1. The Morgan fingerprint density at radius 3 is 2.69 bits per heavy atom. The highest BCUT2D eigenvalue weighted by atomic mass is 16.5. The number of carbonyl (C=O) groups is 1. The predicted octanol–water partition coefficient (Wildman–Crippen LogP) is 0.840. The lowest BCUT2D eigenvalue weighted by Crippen LogP contribution is -2.36. The van der Waals surface area contributed by atoms with Crippen molar-refractivity contribution in [1.82, 2.24) is 25.3 Å². The van der Waals surface area contributed by atoms with Crippen LogP contribution in [0.25, 0.3) is 0 Å². The second-order valence-corrected chi connectivity index (χ2v) is 6.69. The molecule has 0 spiro atoms. The van der Waals surface area contributed by atoms with Crippen LogP contribution in [0.5, 0.6) is 0 Å². The number of rotatable bonds is 5. The van der Waals surface area contributed by atoms with E-state index in [-0.39, 0.29) is 0 Å². The molecule has 0 atom stereocenters. The van der Waals surface area contributed by atoms with Crippen LogP contribution in [0, 0.1) is 0 Å². The molecule has 0 unspecified atom stereocenters. The van der Waals surface area contributed by atoms with E-state index in [1.165, 1.54) is 12.8 Å². The summed E-state index contributed by atoms with van der Waals surface area (Å²) in [5.74, 6) is 0. The van der Waals surface area contributed by atoms with Crippen LogP contribution in [0.4, 0.5) is 5.69 Å². The van der Waals surface area contributed by atoms with Crippen LogP contribution in [-0.4, -0.2) is 65.2 Å². The van der Waals surface area contributed by atoms with Crippen LogP contribution < -0.4 is 10.2 Å². The Hall–Kier alpha value is -2.32. The van der Waals surface area contributed by atoms with E-state index < -0.39 is 0 Å². The van der Waals surface area contributed by atoms with E-state index in [0.717, 1.165) is 50.4 Å². The molecule has 1 aliphatic carbocycles. The van der Waals surface area contributed by atoms with Crippen LogP contribution in [0.2, 0.25) is 0 Å². The van der Waals surface area contributed by atoms with Gasteiger partial charge in [0.1, 0.15) is 5.69 Å². The monoisotopic (exact) mass is 358 g/mol. The van der Waals surface area contributed by atoms with Crippen molar-refractivity contribution in [1.29, 1.82) is 0 Å². The van der Waals surface area contributed by atoms with E-state index >= 15 is 0 Å². The Kier molecular flexibility index (Phi) is 5.95. The first-order valence-corrected chi connectivity index (χ1v) is 8.92. The summed E-state index contributed by atoms with van der Waals surface area (Å²) >= 11 is 0. The molecule has 1 saturated carbocycles. The van der Waals surface area contributed by atoms with Gasteiger partial charge in [-0.1, -0.05) is 0 Å². The maximum absolute atomic E-state index is 10.5. The molecule has 0 radical (unpaired) electrons. The van der Waals surface area contributed by atoms with Gasteiger partial charge in [-0.3, -0.25) is 9.78 Å². The summed E-state index contributed by atoms with van der Waals surface area (Å²) in [6, 6.07) is 3.72. The van der Waals surface area contributed by atoms with Gasteiger partial charge in [-0.05, 0) is 32.0 Å². The summed E-state index contributed by atoms with van der Waals surface area (Å²) in [7, 11) is 3.87. The highest BCUT2D eigenvalue weighted by Gasteiger charge is 2.41. The topological polar surface area (TPSA) is 85.2 Å². The number of pyridine rings is 1. The van der Waals surface area contributed by atoms with Gasteiger partial charge < -0.3 is 15.0 Å². The number of nitrogens with zero attached hydrogens (tertiary/aromatic N) is 5. The Balaban J connectivity index is 0.000000152. The minimum absolute atomic E-state index is 0.343. The van der Waals surface area contributed by atoms with Crippen molar-refractivity contribution in [3.05, 3.63) is 35.9 Å². The summed E-state index contributed by atoms with van der Waals surface area (Å²) in [6.07, 6.45) is 7.81. The maximum Gasteiger partial charge on any atom is 0.168 e. The summed E-state index contributed by atoms with van der Waals surface area (Å²) in [5.41, 5.74) is 2.96. The molecule has 0 bridgehead atoms. The number of aryl methyl sites for hydroxylation is 1. The third-order valence-corrected chi connectivity index (χ3v) is 4.81. The molecule has 1 aliphatic heterocycles. The molecule has 8 nitrogen and oxygen atoms in total. The van der Waals surface area contributed by atoms with Crippen LogP contribution in [0.15, 0.2) is 24.5 Å². The fourth-order valence-electron chi connectivity index (χ4n) is 3.00. The number of carbonyl (C=O) groups excluding carboxylic acids is 1. The summed E-state index contributed by atoms with van der Waals surface area (Å²) in [6.45, 7) is 3.25. The molecule has 2 aromatic heterocycles. The number of ether oxygens (including phenoxy) is 1. The third kappa shape index (κ3) is 4.86. The standard InChI is InChI=1S/C10H12N2O2.C8H14N4/c13-8-9-7-10(1-2-11-9)12-3-5-14-6-4-12;1-9-8(3-4-8)5-7-6-10-12(2)11-7/h1-2,7-8H,3-6H2;6,9H,3-5H2,1-2H3. The molecule has 1 N–H and O–H groups in total. The molecule has 2 aromatic rings. The van der Waals surface area contributed by atoms with E-state index in [0.29, 0.717) is 11.2 Å². The second kappa shape index (κ2) is 8.37. The van der Waals surface area contributed by atoms with Gasteiger partial charge in [0, 0.05) is 44.0 Å². The number of anilines is 1. The fraction of sp³-hybridized carbons (Fsp3) is 0.556. The molecule has 4 rings (SSSR count). The third-order valence-electron chi connectivity index (χ3n) is 4.81. The minimum Gasteiger partial charge on any atom is -0.378 e. The smallest absolute Gasteiger partial charge is 0.168 e. The lowest BCUT2D eigenvalue weighted by Gasteiger charge is -2.28. The number of hydrogen-bond acceptors (Lipinski definition) is 7. The van der Waals surface area contributed by atoms with Crippen LogP contribution in [0.1, 0.15) is 29.0 Å². The van der Waals surface area contributed by atoms with Crippen molar-refractivity contribution in [2.24, 2.45) is 7.05 Å². The van der Waals surface area contributed by atoms with Crippen molar-refractivity contribution < 1.29 is 9.53 Å². The molecule has 26 heavy (non-hydrogen) atoms. The van der Waals surface area contributed by atoms with Crippen LogP contribution in [0.3, 0.4) is 0 Å². The predicted molar refractivity (Wildman–Crippen MR) is 98.4 cm³/mol. The van der Waals surface area contributed by atoms with E-state index in [4.69, 9.17) is 4.74 Å². The Labute approximate surface area is 153 Å². The van der Waals surface area contributed by atoms with E-state index in [9.17, 15) is 4.79 Å². The zero-order chi connectivity index (χ0) is 18.4. The van der Waals surface area contributed by atoms with Gasteiger partial charge in [-0.25, -0.2) is 0 Å². The zero-order valence-electron chi connectivity index (χ0n) is 15.4. The first-order valence-electron chi connectivity index (χ1n) is 8.92. The first kappa shape index (κ1) is 18.5. The van der Waals surface area contributed by atoms with E-state index in [1.807, 2.05) is 26.4 Å². The number of hydrogen-bond donors (Lipinski definition) is 1. The lowest BCUT2D eigenvalue weighted by atomic mass is 10.1. The van der Waals surface area contributed by atoms with Gasteiger partial charge in [0.2, 0.25) is 0 Å². The van der Waals surface area contributed by atoms with Crippen molar-refractivity contribution in [2.75, 3.05) is 38.3 Å². The molecule has 1 saturated heterocycles. The number of aromatic nitrogens is 4. The average molecular weight is 358 g/mol. The first-order chi connectivity index (χ1) is 12.6. The largest absolute Gasteiger partial charge is 0.378 e. The molecular formula is C18H26N6O2. The van der Waals surface area contributed by atoms with E-state index in [2.05, 4.69) is 25.4 Å². The molecular weight excluding hydrogens is 332 g/mol. The molecule has 2 aliphatic rings. The Morgan fingerprint density at radius 2 is 2.12 bits per heavy atom. The van der Waals surface area contributed by atoms with Crippen molar-refractivity contribution in [3.8, 4) is 0 Å². The molecule has 0 aromatic carbocycles. The van der Waals surface area contributed by atoms with Crippen LogP contribution in [-0.2, 0) is 18.2 Å². The van der Waals surface area contributed by atoms with Crippen molar-refractivity contribution in [2.45, 2.75) is 24.8 Å². The summed E-state index contributed by atoms with van der Waals surface area (Å²) in [5, 5.41) is 11.6. The lowest BCUT2D eigenvalue weighted by molar-refractivity contribution is 0.111. The number of likely N-dealkylation sites (N-methyl/N-ethyl adjacent to an activating group) is 1. The quantitative estimate of drug-likeness (QED) is 0.793. The molecule has 140 valence electrons. The average Bonchev–Trinajstić information content (AvgIpc) is 3.36. The van der Waals surface area contributed by atoms with Gasteiger partial charge in [0.15, 0.2) is 6.29 Å². The Morgan fingerprint density at radius 1 is 1.35 bits per heavy atom. The van der Waals surface area contributed by atoms with Gasteiger partial charge in [-0.15, -0.1) is 0 Å². The van der Waals surface area contributed by atoms with Gasteiger partial charge in [-0.2, -0.15) is 15.0 Å². The van der Waals surface area contributed by atoms with Crippen molar-refractivity contribution >= 4 is 12.0 Å². The summed E-state index contributed by atoms with van der Waals surface area (Å²) in [4.78, 5) is 18.3. The number of nitrogens with one attached hydrogen (secondary N) is 1. The van der Waals surface area contributed by atoms with Gasteiger partial charge in [0.25, 0.3) is 0 Å². The zero-order valence-corrected chi connectivity index (χ0v) is 15.4. The summed E-state index contributed by atoms with van der Waals surface area (Å²) < 4.78 is 5.25. The van der Waals surface area contributed by atoms with Gasteiger partial charge in [0.05, 0.1) is 25.1 Å². The SMILES string of the molecule is CNC1(Cc2cnn(C)n2)CC1.O=Cc1cc(N2CCOCC2)ccn1. The van der Waals surface area contributed by atoms with E-state index in [1.54, 1.807) is 17.1 Å². The Bertz CT molecular complexity index is 722. The molecule has 3 heterocycles.